The first-order valence-corrected chi connectivity index (χ1v) is 6.16. The summed E-state index contributed by atoms with van der Waals surface area (Å²) in [5.41, 5.74) is 6.05. The lowest BCUT2D eigenvalue weighted by Gasteiger charge is -2.17. The predicted molar refractivity (Wildman–Crippen MR) is 64.6 cm³/mol. The van der Waals surface area contributed by atoms with E-state index in [4.69, 9.17) is 5.73 Å². The molecule has 1 aromatic rings. The quantitative estimate of drug-likeness (QED) is 0.754. The van der Waals surface area contributed by atoms with Crippen LogP contribution >= 0.6 is 11.8 Å². The largest absolute Gasteiger partial charge is 0.327 e. The molecule has 0 saturated carbocycles. The second-order valence-corrected chi connectivity index (χ2v) is 4.77. The lowest BCUT2D eigenvalue weighted by atomic mass is 10.0. The molecule has 0 aliphatic rings. The van der Waals surface area contributed by atoms with E-state index in [1.54, 1.807) is 0 Å². The van der Waals surface area contributed by atoms with E-state index in [1.807, 2.05) is 17.8 Å². The van der Waals surface area contributed by atoms with Gasteiger partial charge in [0.15, 0.2) is 0 Å². The van der Waals surface area contributed by atoms with E-state index in [9.17, 15) is 0 Å². The summed E-state index contributed by atoms with van der Waals surface area (Å²) in [7, 11) is 0. The van der Waals surface area contributed by atoms with Gasteiger partial charge in [0.2, 0.25) is 0 Å². The van der Waals surface area contributed by atoms with Gasteiger partial charge < -0.3 is 5.73 Å². The second-order valence-electron chi connectivity index (χ2n) is 3.67. The summed E-state index contributed by atoms with van der Waals surface area (Å²) in [5.74, 6) is 1.63. The van der Waals surface area contributed by atoms with Crippen LogP contribution in [0.4, 0.5) is 0 Å². The van der Waals surface area contributed by atoms with E-state index in [1.165, 1.54) is 4.90 Å². The molecule has 0 fully saturated rings. The molecule has 0 aliphatic heterocycles. The summed E-state index contributed by atoms with van der Waals surface area (Å²) in [5, 5.41) is 0. The number of thioether (sulfide) groups is 1. The van der Waals surface area contributed by atoms with Gasteiger partial charge in [0.25, 0.3) is 0 Å². The summed E-state index contributed by atoms with van der Waals surface area (Å²) >= 11 is 1.85. The molecule has 0 heterocycles. The molecule has 0 aliphatic carbocycles. The van der Waals surface area contributed by atoms with Crippen LogP contribution in [0.2, 0.25) is 0 Å². The number of rotatable bonds is 5. The van der Waals surface area contributed by atoms with Crippen molar-refractivity contribution in [3.8, 4) is 0 Å². The standard InChI is InChI=1S/C12H19NS/c1-3-10(2)12(13)9-14-11-7-5-4-6-8-11/h4-8,10,12H,3,9,13H2,1-2H3. The van der Waals surface area contributed by atoms with Gasteiger partial charge in [-0.15, -0.1) is 11.8 Å². The maximum atomic E-state index is 6.05. The fraction of sp³-hybridized carbons (Fsp3) is 0.500. The normalized spacial score (nSPS) is 15.1. The topological polar surface area (TPSA) is 26.0 Å². The van der Waals surface area contributed by atoms with Crippen molar-refractivity contribution >= 4 is 11.8 Å². The molecule has 2 heteroatoms. The van der Waals surface area contributed by atoms with Crippen LogP contribution in [0.3, 0.4) is 0 Å². The molecule has 0 spiro atoms. The Labute approximate surface area is 91.1 Å². The zero-order valence-electron chi connectivity index (χ0n) is 8.94. The molecule has 1 nitrogen and oxygen atoms in total. The Hall–Kier alpha value is -0.470. The van der Waals surface area contributed by atoms with Crippen LogP contribution in [-0.4, -0.2) is 11.8 Å². The molecule has 2 unspecified atom stereocenters. The minimum atomic E-state index is 0.310. The Morgan fingerprint density at radius 3 is 2.50 bits per heavy atom. The first-order chi connectivity index (χ1) is 6.74. The summed E-state index contributed by atoms with van der Waals surface area (Å²) in [6.07, 6.45) is 1.16. The molecular weight excluding hydrogens is 190 g/mol. The van der Waals surface area contributed by atoms with E-state index < -0.39 is 0 Å². The minimum Gasteiger partial charge on any atom is -0.327 e. The Kier molecular flexibility index (Phi) is 5.05. The summed E-state index contributed by atoms with van der Waals surface area (Å²) in [4.78, 5) is 1.31. The monoisotopic (exact) mass is 209 g/mol. The van der Waals surface area contributed by atoms with Crippen LogP contribution in [0.5, 0.6) is 0 Å². The average molecular weight is 209 g/mol. The van der Waals surface area contributed by atoms with Gasteiger partial charge in [0.05, 0.1) is 0 Å². The van der Waals surface area contributed by atoms with Crippen molar-refractivity contribution in [3.05, 3.63) is 30.3 Å². The van der Waals surface area contributed by atoms with Gasteiger partial charge in [-0.25, -0.2) is 0 Å². The molecule has 78 valence electrons. The summed E-state index contributed by atoms with van der Waals surface area (Å²) < 4.78 is 0. The highest BCUT2D eigenvalue weighted by Crippen LogP contribution is 2.20. The zero-order chi connectivity index (χ0) is 10.4. The molecule has 0 saturated heterocycles. The fourth-order valence-electron chi connectivity index (χ4n) is 1.18. The van der Waals surface area contributed by atoms with Crippen LogP contribution in [-0.2, 0) is 0 Å². The van der Waals surface area contributed by atoms with Gasteiger partial charge in [0.1, 0.15) is 0 Å². The maximum absolute atomic E-state index is 6.05. The van der Waals surface area contributed by atoms with E-state index in [0.717, 1.165) is 12.2 Å². The van der Waals surface area contributed by atoms with Gasteiger partial charge >= 0.3 is 0 Å². The third-order valence-corrected chi connectivity index (χ3v) is 3.72. The molecule has 2 N–H and O–H groups in total. The van der Waals surface area contributed by atoms with Gasteiger partial charge in [-0.1, -0.05) is 38.5 Å². The fourth-order valence-corrected chi connectivity index (χ4v) is 2.24. The van der Waals surface area contributed by atoms with E-state index in [2.05, 4.69) is 38.1 Å². The lowest BCUT2D eigenvalue weighted by molar-refractivity contribution is 0.475. The van der Waals surface area contributed by atoms with Crippen molar-refractivity contribution in [3.63, 3.8) is 0 Å². The lowest BCUT2D eigenvalue weighted by Crippen LogP contribution is -2.30. The highest BCUT2D eigenvalue weighted by Gasteiger charge is 2.10. The van der Waals surface area contributed by atoms with Crippen molar-refractivity contribution < 1.29 is 0 Å². The van der Waals surface area contributed by atoms with Crippen LogP contribution in [0.1, 0.15) is 20.3 Å². The van der Waals surface area contributed by atoms with Crippen molar-refractivity contribution in [2.75, 3.05) is 5.75 Å². The van der Waals surface area contributed by atoms with Crippen molar-refractivity contribution in [1.82, 2.24) is 0 Å². The number of benzene rings is 1. The van der Waals surface area contributed by atoms with Crippen LogP contribution in [0.15, 0.2) is 35.2 Å². The van der Waals surface area contributed by atoms with E-state index in [-0.39, 0.29) is 0 Å². The summed E-state index contributed by atoms with van der Waals surface area (Å²) in [6, 6.07) is 10.7. The Morgan fingerprint density at radius 1 is 1.29 bits per heavy atom. The third-order valence-electron chi connectivity index (χ3n) is 2.56. The minimum absolute atomic E-state index is 0.310. The molecular formula is C12H19NS. The van der Waals surface area contributed by atoms with E-state index >= 15 is 0 Å². The predicted octanol–water partition coefficient (Wildman–Crippen LogP) is 3.15. The molecule has 0 amide bonds. The zero-order valence-corrected chi connectivity index (χ0v) is 9.76. The summed E-state index contributed by atoms with van der Waals surface area (Å²) in [6.45, 7) is 4.41. The molecule has 0 bridgehead atoms. The Morgan fingerprint density at radius 2 is 1.93 bits per heavy atom. The molecule has 2 atom stereocenters. The SMILES string of the molecule is CCC(C)C(N)CSc1ccccc1. The van der Waals surface area contributed by atoms with E-state index in [0.29, 0.717) is 12.0 Å². The first-order valence-electron chi connectivity index (χ1n) is 5.17. The highest BCUT2D eigenvalue weighted by molar-refractivity contribution is 7.99. The second kappa shape index (κ2) is 6.10. The van der Waals surface area contributed by atoms with Crippen LogP contribution in [0, 0.1) is 5.92 Å². The molecule has 0 radical (unpaired) electrons. The van der Waals surface area contributed by atoms with Gasteiger partial charge in [-0.3, -0.25) is 0 Å². The van der Waals surface area contributed by atoms with Crippen molar-refractivity contribution in [2.24, 2.45) is 11.7 Å². The number of hydrogen-bond acceptors (Lipinski definition) is 2. The third kappa shape index (κ3) is 3.72. The number of nitrogens with two attached hydrogens (primary N) is 1. The molecule has 0 aromatic heterocycles. The molecule has 1 rings (SSSR count). The highest BCUT2D eigenvalue weighted by atomic mass is 32.2. The van der Waals surface area contributed by atoms with Crippen molar-refractivity contribution in [2.45, 2.75) is 31.2 Å². The number of hydrogen-bond donors (Lipinski definition) is 1. The molecule has 14 heavy (non-hydrogen) atoms. The van der Waals surface area contributed by atoms with Crippen molar-refractivity contribution in [1.29, 1.82) is 0 Å². The van der Waals surface area contributed by atoms with Crippen LogP contribution < -0.4 is 5.73 Å². The van der Waals surface area contributed by atoms with Crippen LogP contribution in [0.25, 0.3) is 0 Å². The first kappa shape index (κ1) is 11.6. The smallest absolute Gasteiger partial charge is 0.0159 e. The van der Waals surface area contributed by atoms with Gasteiger partial charge in [-0.05, 0) is 18.1 Å². The van der Waals surface area contributed by atoms with Gasteiger partial charge in [0, 0.05) is 16.7 Å². The molecule has 1 aromatic carbocycles. The Balaban J connectivity index is 2.34. The average Bonchev–Trinajstić information content (AvgIpc) is 2.26. The maximum Gasteiger partial charge on any atom is 0.0159 e. The Bertz CT molecular complexity index is 248. The van der Waals surface area contributed by atoms with Gasteiger partial charge in [-0.2, -0.15) is 0 Å².